The standard InChI is InChI=1S/C22H28N2O3S/c1-2-3-14-19(25)24-15-8-13-18(24)21-23-17(20(28-21)22(26)27)12-7-11-16-9-5-4-6-10-16/h4-6,9-10,18H,2-3,7-8,11-15H2,1H3,(H,26,27)/t18-/m0/s1. The molecule has 1 saturated heterocycles. The molecule has 1 aliphatic heterocycles. The Morgan fingerprint density at radius 2 is 2.00 bits per heavy atom. The number of carboxylic acids is 1. The number of unbranched alkanes of at least 4 members (excludes halogenated alkanes) is 1. The fourth-order valence-electron chi connectivity index (χ4n) is 3.75. The highest BCUT2D eigenvalue weighted by Crippen LogP contribution is 2.36. The lowest BCUT2D eigenvalue weighted by Crippen LogP contribution is -2.30. The van der Waals surface area contributed by atoms with Gasteiger partial charge in [0.05, 0.1) is 11.7 Å². The van der Waals surface area contributed by atoms with Crippen LogP contribution in [0.4, 0.5) is 0 Å². The number of carboxylic acid groups (broad SMARTS) is 1. The van der Waals surface area contributed by atoms with E-state index in [4.69, 9.17) is 4.98 Å². The molecule has 0 radical (unpaired) electrons. The molecule has 0 spiro atoms. The Morgan fingerprint density at radius 1 is 1.21 bits per heavy atom. The van der Waals surface area contributed by atoms with Gasteiger partial charge in [-0.15, -0.1) is 11.3 Å². The van der Waals surface area contributed by atoms with E-state index in [1.165, 1.54) is 16.9 Å². The molecule has 2 aromatic rings. The normalized spacial score (nSPS) is 16.5. The summed E-state index contributed by atoms with van der Waals surface area (Å²) in [6, 6.07) is 10.1. The van der Waals surface area contributed by atoms with Crippen LogP contribution in [-0.4, -0.2) is 33.4 Å². The van der Waals surface area contributed by atoms with Crippen molar-refractivity contribution in [2.45, 2.75) is 64.3 Å². The van der Waals surface area contributed by atoms with E-state index in [-0.39, 0.29) is 11.9 Å². The number of hydrogen-bond donors (Lipinski definition) is 1. The Morgan fingerprint density at radius 3 is 2.71 bits per heavy atom. The lowest BCUT2D eigenvalue weighted by molar-refractivity contribution is -0.132. The molecule has 0 bridgehead atoms. The van der Waals surface area contributed by atoms with Gasteiger partial charge in [-0.1, -0.05) is 43.7 Å². The van der Waals surface area contributed by atoms with Gasteiger partial charge in [-0.05, 0) is 44.1 Å². The van der Waals surface area contributed by atoms with Gasteiger partial charge in [-0.25, -0.2) is 9.78 Å². The number of carbonyl (C=O) groups excluding carboxylic acids is 1. The van der Waals surface area contributed by atoms with Crippen molar-refractivity contribution >= 4 is 23.2 Å². The fraction of sp³-hybridized carbons (Fsp3) is 0.500. The summed E-state index contributed by atoms with van der Waals surface area (Å²) in [5.74, 6) is -0.748. The number of aryl methyl sites for hydroxylation is 2. The molecule has 150 valence electrons. The zero-order valence-electron chi connectivity index (χ0n) is 16.4. The summed E-state index contributed by atoms with van der Waals surface area (Å²) >= 11 is 1.25. The number of rotatable bonds is 9. The van der Waals surface area contributed by atoms with Crippen LogP contribution in [0.1, 0.15) is 77.4 Å². The minimum absolute atomic E-state index is 0.0599. The minimum atomic E-state index is -0.916. The maximum absolute atomic E-state index is 12.5. The average molecular weight is 401 g/mol. The van der Waals surface area contributed by atoms with Crippen LogP contribution in [0.3, 0.4) is 0 Å². The molecule has 6 heteroatoms. The van der Waals surface area contributed by atoms with Crippen molar-refractivity contribution in [2.24, 2.45) is 0 Å². The van der Waals surface area contributed by atoms with E-state index in [2.05, 4.69) is 19.1 Å². The van der Waals surface area contributed by atoms with Gasteiger partial charge in [-0.3, -0.25) is 4.79 Å². The van der Waals surface area contributed by atoms with E-state index in [1.54, 1.807) is 0 Å². The summed E-state index contributed by atoms with van der Waals surface area (Å²) < 4.78 is 0. The van der Waals surface area contributed by atoms with Crippen molar-refractivity contribution in [2.75, 3.05) is 6.54 Å². The maximum atomic E-state index is 12.5. The van der Waals surface area contributed by atoms with Gasteiger partial charge in [0.25, 0.3) is 0 Å². The molecule has 1 N–H and O–H groups in total. The summed E-state index contributed by atoms with van der Waals surface area (Å²) in [7, 11) is 0. The number of carbonyl (C=O) groups is 2. The SMILES string of the molecule is CCCCC(=O)N1CCC[C@H]1c1nc(CCCc2ccccc2)c(C(=O)O)s1. The van der Waals surface area contributed by atoms with Crippen molar-refractivity contribution in [1.82, 2.24) is 9.88 Å². The second kappa shape index (κ2) is 9.82. The van der Waals surface area contributed by atoms with Gasteiger partial charge in [-0.2, -0.15) is 0 Å². The zero-order chi connectivity index (χ0) is 19.9. The number of thiazole rings is 1. The number of aromatic nitrogens is 1. The minimum Gasteiger partial charge on any atom is -0.477 e. The molecule has 28 heavy (non-hydrogen) atoms. The number of likely N-dealkylation sites (tertiary alicyclic amines) is 1. The Kier molecular flexibility index (Phi) is 7.20. The first-order valence-electron chi connectivity index (χ1n) is 10.2. The molecule has 1 aromatic heterocycles. The first-order chi connectivity index (χ1) is 13.6. The predicted octanol–water partition coefficient (Wildman–Crippen LogP) is 4.87. The lowest BCUT2D eigenvalue weighted by atomic mass is 10.1. The number of amides is 1. The molecule has 3 rings (SSSR count). The molecule has 1 aromatic carbocycles. The van der Waals surface area contributed by atoms with E-state index in [0.717, 1.165) is 50.1 Å². The van der Waals surface area contributed by atoms with Crippen molar-refractivity contribution in [1.29, 1.82) is 0 Å². The molecule has 5 nitrogen and oxygen atoms in total. The van der Waals surface area contributed by atoms with Crippen LogP contribution in [0.5, 0.6) is 0 Å². The molecule has 2 heterocycles. The Hall–Kier alpha value is -2.21. The summed E-state index contributed by atoms with van der Waals surface area (Å²) in [6.07, 6.45) is 6.68. The van der Waals surface area contributed by atoms with Crippen molar-refractivity contribution in [3.05, 3.63) is 51.5 Å². The second-order valence-electron chi connectivity index (χ2n) is 7.32. The van der Waals surface area contributed by atoms with Crippen molar-refractivity contribution in [3.63, 3.8) is 0 Å². The van der Waals surface area contributed by atoms with Crippen LogP contribution in [0.15, 0.2) is 30.3 Å². The van der Waals surface area contributed by atoms with Crippen LogP contribution in [-0.2, 0) is 17.6 Å². The maximum Gasteiger partial charge on any atom is 0.347 e. The molecule has 0 aliphatic carbocycles. The number of nitrogens with zero attached hydrogens (tertiary/aromatic N) is 2. The third-order valence-electron chi connectivity index (χ3n) is 5.23. The van der Waals surface area contributed by atoms with E-state index in [0.29, 0.717) is 23.4 Å². The van der Waals surface area contributed by atoms with Crippen LogP contribution >= 0.6 is 11.3 Å². The molecule has 1 fully saturated rings. The van der Waals surface area contributed by atoms with Gasteiger partial charge >= 0.3 is 5.97 Å². The van der Waals surface area contributed by atoms with Gasteiger partial charge < -0.3 is 10.0 Å². The Bertz CT molecular complexity index is 803. The molecule has 1 aliphatic rings. The molecular formula is C22H28N2O3S. The summed E-state index contributed by atoms with van der Waals surface area (Å²) in [6.45, 7) is 2.83. The third kappa shape index (κ3) is 4.98. The van der Waals surface area contributed by atoms with Crippen LogP contribution in [0, 0.1) is 0 Å². The van der Waals surface area contributed by atoms with Gasteiger partial charge in [0.15, 0.2) is 0 Å². The Balaban J connectivity index is 1.70. The summed E-state index contributed by atoms with van der Waals surface area (Å²) in [4.78, 5) is 31.2. The molecule has 0 unspecified atom stereocenters. The number of benzene rings is 1. The lowest BCUT2D eigenvalue weighted by Gasteiger charge is -2.23. The average Bonchev–Trinajstić information content (AvgIpc) is 3.34. The van der Waals surface area contributed by atoms with E-state index < -0.39 is 5.97 Å². The summed E-state index contributed by atoms with van der Waals surface area (Å²) in [5.41, 5.74) is 1.91. The van der Waals surface area contributed by atoms with Gasteiger partial charge in [0, 0.05) is 13.0 Å². The van der Waals surface area contributed by atoms with E-state index in [1.807, 2.05) is 23.1 Å². The predicted molar refractivity (Wildman–Crippen MR) is 111 cm³/mol. The number of hydrogen-bond acceptors (Lipinski definition) is 4. The highest BCUT2D eigenvalue weighted by molar-refractivity contribution is 7.13. The second-order valence-corrected chi connectivity index (χ2v) is 8.35. The van der Waals surface area contributed by atoms with E-state index >= 15 is 0 Å². The van der Waals surface area contributed by atoms with Crippen molar-refractivity contribution < 1.29 is 14.7 Å². The van der Waals surface area contributed by atoms with Crippen LogP contribution in [0.2, 0.25) is 0 Å². The first-order valence-corrected chi connectivity index (χ1v) is 11.0. The molecule has 0 saturated carbocycles. The van der Waals surface area contributed by atoms with Gasteiger partial charge in [0.1, 0.15) is 9.88 Å². The fourth-order valence-corrected chi connectivity index (χ4v) is 4.85. The largest absolute Gasteiger partial charge is 0.477 e. The topological polar surface area (TPSA) is 70.5 Å². The molecule has 1 amide bonds. The van der Waals surface area contributed by atoms with Crippen LogP contribution < -0.4 is 0 Å². The highest BCUT2D eigenvalue weighted by atomic mass is 32.1. The smallest absolute Gasteiger partial charge is 0.347 e. The number of aromatic carboxylic acids is 1. The van der Waals surface area contributed by atoms with Crippen molar-refractivity contribution in [3.8, 4) is 0 Å². The quantitative estimate of drug-likeness (QED) is 0.652. The Labute approximate surface area is 170 Å². The first kappa shape index (κ1) is 20.5. The monoisotopic (exact) mass is 400 g/mol. The highest BCUT2D eigenvalue weighted by Gasteiger charge is 2.33. The van der Waals surface area contributed by atoms with E-state index in [9.17, 15) is 14.7 Å². The van der Waals surface area contributed by atoms with Crippen LogP contribution in [0.25, 0.3) is 0 Å². The molecular weight excluding hydrogens is 372 g/mol. The molecule has 1 atom stereocenters. The van der Waals surface area contributed by atoms with Gasteiger partial charge in [0.2, 0.25) is 5.91 Å². The third-order valence-corrected chi connectivity index (χ3v) is 6.42. The zero-order valence-corrected chi connectivity index (χ0v) is 17.2. The summed E-state index contributed by atoms with van der Waals surface area (Å²) in [5, 5.41) is 10.4.